The van der Waals surface area contributed by atoms with E-state index in [9.17, 15) is 14.0 Å². The Balaban J connectivity index is 1.86. The number of ether oxygens (including phenoxy) is 1. The highest BCUT2D eigenvalue weighted by atomic mass is 19.1. The molecule has 0 saturated heterocycles. The lowest BCUT2D eigenvalue weighted by atomic mass is 10.1. The van der Waals surface area contributed by atoms with E-state index in [0.717, 1.165) is 24.1 Å². The van der Waals surface area contributed by atoms with E-state index in [0.29, 0.717) is 30.9 Å². The van der Waals surface area contributed by atoms with Gasteiger partial charge in [-0.25, -0.2) is 4.39 Å². The van der Waals surface area contributed by atoms with Crippen LogP contribution in [0.25, 0.3) is 0 Å². The molecular weight excluding hydrogens is 385 g/mol. The van der Waals surface area contributed by atoms with Crippen LogP contribution in [0.2, 0.25) is 0 Å². The number of nitrogens with one attached hydrogen (secondary N) is 1. The number of methoxy groups -OCH3 is 1. The van der Waals surface area contributed by atoms with Gasteiger partial charge in [0, 0.05) is 57.2 Å². The molecule has 0 spiro atoms. The number of rotatable bonds is 9. The Bertz CT molecular complexity index is 895. The van der Waals surface area contributed by atoms with Crippen molar-refractivity contribution in [1.82, 2.24) is 4.90 Å². The van der Waals surface area contributed by atoms with Gasteiger partial charge in [-0.1, -0.05) is 0 Å². The molecule has 2 aromatic carbocycles. The average molecular weight is 413 g/mol. The molecule has 1 saturated carbocycles. The predicted molar refractivity (Wildman–Crippen MR) is 115 cm³/mol. The number of nitrogens with zero attached hydrogens (tertiary/aromatic N) is 2. The molecule has 1 fully saturated rings. The number of halogens is 1. The summed E-state index contributed by atoms with van der Waals surface area (Å²) in [5.74, 6) is -0.439. The van der Waals surface area contributed by atoms with E-state index in [4.69, 9.17) is 4.74 Å². The highest BCUT2D eigenvalue weighted by molar-refractivity contribution is 5.95. The summed E-state index contributed by atoms with van der Waals surface area (Å²) < 4.78 is 18.4. The van der Waals surface area contributed by atoms with Gasteiger partial charge in [0.1, 0.15) is 5.82 Å². The fraction of sp³-hybridized carbons (Fsp3) is 0.391. The summed E-state index contributed by atoms with van der Waals surface area (Å²) in [4.78, 5) is 28.9. The Kier molecular flexibility index (Phi) is 7.05. The molecule has 1 aliphatic carbocycles. The normalized spacial score (nSPS) is 13.1. The Morgan fingerprint density at radius 2 is 1.83 bits per heavy atom. The Morgan fingerprint density at radius 1 is 1.13 bits per heavy atom. The first-order chi connectivity index (χ1) is 14.4. The zero-order chi connectivity index (χ0) is 21.7. The molecule has 160 valence electrons. The van der Waals surface area contributed by atoms with Crippen molar-refractivity contribution in [3.8, 4) is 0 Å². The van der Waals surface area contributed by atoms with E-state index < -0.39 is 0 Å². The van der Waals surface area contributed by atoms with Crippen LogP contribution in [0.4, 0.5) is 15.8 Å². The van der Waals surface area contributed by atoms with E-state index in [1.54, 1.807) is 12.0 Å². The Labute approximate surface area is 176 Å². The first kappa shape index (κ1) is 21.8. The summed E-state index contributed by atoms with van der Waals surface area (Å²) in [5, 5.41) is 2.97. The number of carbonyl (C=O) groups is 2. The molecule has 0 unspecified atom stereocenters. The maximum atomic E-state index is 13.3. The monoisotopic (exact) mass is 413 g/mol. The second kappa shape index (κ2) is 9.71. The molecule has 3 rings (SSSR count). The molecule has 2 amide bonds. The smallest absolute Gasteiger partial charge is 0.254 e. The molecule has 0 aromatic heterocycles. The topological polar surface area (TPSA) is 61.9 Å². The maximum absolute atomic E-state index is 13.3. The van der Waals surface area contributed by atoms with Crippen LogP contribution in [0.3, 0.4) is 0 Å². The van der Waals surface area contributed by atoms with Gasteiger partial charge in [-0.2, -0.15) is 0 Å². The van der Waals surface area contributed by atoms with Gasteiger partial charge in [-0.05, 0) is 60.9 Å². The largest absolute Gasteiger partial charge is 0.383 e. The highest BCUT2D eigenvalue weighted by Crippen LogP contribution is 2.31. The summed E-state index contributed by atoms with van der Waals surface area (Å²) >= 11 is 0. The molecule has 0 radical (unpaired) electrons. The van der Waals surface area contributed by atoms with Crippen LogP contribution in [0.1, 0.15) is 28.8 Å². The summed E-state index contributed by atoms with van der Waals surface area (Å²) in [7, 11) is 5.45. The lowest BCUT2D eigenvalue weighted by molar-refractivity contribution is -0.117. The average Bonchev–Trinajstić information content (AvgIpc) is 3.56. The van der Waals surface area contributed by atoms with Gasteiger partial charge in [0.25, 0.3) is 5.91 Å². The number of benzene rings is 2. The van der Waals surface area contributed by atoms with Crippen molar-refractivity contribution in [2.75, 3.05) is 44.6 Å². The van der Waals surface area contributed by atoms with Crippen LogP contribution in [0.5, 0.6) is 0 Å². The van der Waals surface area contributed by atoms with Gasteiger partial charge in [0.2, 0.25) is 5.91 Å². The van der Waals surface area contributed by atoms with E-state index in [2.05, 4.69) is 5.32 Å². The quantitative estimate of drug-likeness (QED) is 0.683. The van der Waals surface area contributed by atoms with Crippen LogP contribution in [0, 0.1) is 11.7 Å². The highest BCUT2D eigenvalue weighted by Gasteiger charge is 2.29. The minimum absolute atomic E-state index is 0.0391. The minimum Gasteiger partial charge on any atom is -0.383 e. The van der Waals surface area contributed by atoms with Gasteiger partial charge in [-0.3, -0.25) is 9.59 Å². The SMILES string of the molecule is COCCN(Cc1cc(NC(=O)C2CC2)ccc1N(C)C)C(=O)c1ccc(F)cc1. The van der Waals surface area contributed by atoms with Crippen molar-refractivity contribution in [2.24, 2.45) is 5.92 Å². The third-order valence-corrected chi connectivity index (χ3v) is 5.08. The molecule has 6 nitrogen and oxygen atoms in total. The van der Waals surface area contributed by atoms with Gasteiger partial charge in [0.05, 0.1) is 6.61 Å². The van der Waals surface area contributed by atoms with E-state index in [1.807, 2.05) is 37.2 Å². The summed E-state index contributed by atoms with van der Waals surface area (Å²) in [6.45, 7) is 1.10. The van der Waals surface area contributed by atoms with Crippen LogP contribution >= 0.6 is 0 Å². The molecule has 0 bridgehead atoms. The van der Waals surface area contributed by atoms with Gasteiger partial charge in [0.15, 0.2) is 0 Å². The molecule has 30 heavy (non-hydrogen) atoms. The molecule has 1 N–H and O–H groups in total. The third-order valence-electron chi connectivity index (χ3n) is 5.08. The van der Waals surface area contributed by atoms with Gasteiger partial charge >= 0.3 is 0 Å². The van der Waals surface area contributed by atoms with Crippen LogP contribution < -0.4 is 10.2 Å². The first-order valence-corrected chi connectivity index (χ1v) is 10.0. The van der Waals surface area contributed by atoms with Gasteiger partial charge < -0.3 is 19.9 Å². The maximum Gasteiger partial charge on any atom is 0.254 e. The number of anilines is 2. The number of hydrogen-bond acceptors (Lipinski definition) is 4. The third kappa shape index (κ3) is 5.57. The molecule has 0 aliphatic heterocycles. The number of carbonyl (C=O) groups excluding carboxylic acids is 2. The molecular formula is C23H28FN3O3. The molecule has 7 heteroatoms. The number of hydrogen-bond donors (Lipinski definition) is 1. The van der Waals surface area contributed by atoms with Crippen molar-refractivity contribution in [3.63, 3.8) is 0 Å². The van der Waals surface area contributed by atoms with Crippen molar-refractivity contribution >= 4 is 23.2 Å². The zero-order valence-electron chi connectivity index (χ0n) is 17.7. The minimum atomic E-state index is -0.385. The lowest BCUT2D eigenvalue weighted by Gasteiger charge is -2.26. The molecule has 2 aromatic rings. The summed E-state index contributed by atoms with van der Waals surface area (Å²) in [6.07, 6.45) is 1.87. The van der Waals surface area contributed by atoms with Crippen molar-refractivity contribution in [1.29, 1.82) is 0 Å². The van der Waals surface area contributed by atoms with E-state index in [-0.39, 0.29) is 23.5 Å². The lowest BCUT2D eigenvalue weighted by Crippen LogP contribution is -2.34. The van der Waals surface area contributed by atoms with Crippen molar-refractivity contribution < 1.29 is 18.7 Å². The summed E-state index contributed by atoms with van der Waals surface area (Å²) in [5.41, 5.74) is 2.99. The Hall–Kier alpha value is -2.93. The number of amides is 2. The predicted octanol–water partition coefficient (Wildman–Crippen LogP) is 3.53. The molecule has 1 aliphatic rings. The van der Waals surface area contributed by atoms with Crippen molar-refractivity contribution in [3.05, 3.63) is 59.4 Å². The zero-order valence-corrected chi connectivity index (χ0v) is 17.7. The van der Waals surface area contributed by atoms with Crippen LogP contribution in [-0.4, -0.2) is 51.1 Å². The van der Waals surface area contributed by atoms with Crippen molar-refractivity contribution in [2.45, 2.75) is 19.4 Å². The van der Waals surface area contributed by atoms with E-state index >= 15 is 0 Å². The standard InChI is InChI=1S/C23H28FN3O3/c1-26(2)21-11-10-20(25-22(28)16-4-5-16)14-18(21)15-27(12-13-30-3)23(29)17-6-8-19(24)9-7-17/h6-11,14,16H,4-5,12-13,15H2,1-3H3,(H,25,28). The molecule has 0 atom stereocenters. The van der Waals surface area contributed by atoms with Crippen LogP contribution in [-0.2, 0) is 16.1 Å². The first-order valence-electron chi connectivity index (χ1n) is 10.0. The second-order valence-corrected chi connectivity index (χ2v) is 7.73. The fourth-order valence-corrected chi connectivity index (χ4v) is 3.25. The Morgan fingerprint density at radius 3 is 2.43 bits per heavy atom. The summed E-state index contributed by atoms with van der Waals surface area (Å²) in [6, 6.07) is 11.2. The molecule has 0 heterocycles. The second-order valence-electron chi connectivity index (χ2n) is 7.73. The van der Waals surface area contributed by atoms with Gasteiger partial charge in [-0.15, -0.1) is 0 Å². The van der Waals surface area contributed by atoms with Crippen LogP contribution in [0.15, 0.2) is 42.5 Å². The van der Waals surface area contributed by atoms with E-state index in [1.165, 1.54) is 24.3 Å². The fourth-order valence-electron chi connectivity index (χ4n) is 3.25.